The van der Waals surface area contributed by atoms with Crippen molar-refractivity contribution in [3.05, 3.63) is 35.7 Å². The van der Waals surface area contributed by atoms with Crippen molar-refractivity contribution in [2.75, 3.05) is 0 Å². The van der Waals surface area contributed by atoms with Crippen molar-refractivity contribution < 1.29 is 14.4 Å². The highest BCUT2D eigenvalue weighted by atomic mass is 16.5. The van der Waals surface area contributed by atoms with Gasteiger partial charge in [-0.2, -0.15) is 0 Å². The first-order valence-electron chi connectivity index (χ1n) is 4.30. The Kier molecular flexibility index (Phi) is 2.21. The van der Waals surface area contributed by atoms with Crippen LogP contribution in [0.4, 0.5) is 0 Å². The SMILES string of the molecule is Cc1cccnc1-c1cc(C(=O)O)on1. The summed E-state index contributed by atoms with van der Waals surface area (Å²) in [5.74, 6) is -1.32. The summed E-state index contributed by atoms with van der Waals surface area (Å²) >= 11 is 0. The fourth-order valence-electron chi connectivity index (χ4n) is 1.24. The standard InChI is InChI=1S/C10H8N2O3/c1-6-3-2-4-11-9(6)7-5-8(10(13)14)15-12-7/h2-5H,1H3,(H,13,14). The van der Waals surface area contributed by atoms with Gasteiger partial charge >= 0.3 is 5.97 Å². The van der Waals surface area contributed by atoms with Crippen LogP contribution in [0.5, 0.6) is 0 Å². The summed E-state index contributed by atoms with van der Waals surface area (Å²) in [5.41, 5.74) is 1.99. The Labute approximate surface area is 85.4 Å². The third kappa shape index (κ3) is 1.71. The van der Waals surface area contributed by atoms with Crippen LogP contribution in [-0.2, 0) is 0 Å². The van der Waals surface area contributed by atoms with Crippen LogP contribution in [0.15, 0.2) is 28.9 Å². The molecule has 0 amide bonds. The van der Waals surface area contributed by atoms with Crippen LogP contribution < -0.4 is 0 Å². The fraction of sp³-hybridized carbons (Fsp3) is 0.100. The summed E-state index contributed by atoms with van der Waals surface area (Å²) < 4.78 is 4.65. The number of carboxylic acids is 1. The normalized spacial score (nSPS) is 10.2. The Morgan fingerprint density at radius 2 is 2.33 bits per heavy atom. The number of hydrogen-bond acceptors (Lipinski definition) is 4. The summed E-state index contributed by atoms with van der Waals surface area (Å²) in [6, 6.07) is 5.03. The van der Waals surface area contributed by atoms with E-state index in [2.05, 4.69) is 14.7 Å². The molecule has 2 aromatic rings. The average Bonchev–Trinajstić information content (AvgIpc) is 2.67. The number of aryl methyl sites for hydroxylation is 1. The highest BCUT2D eigenvalue weighted by molar-refractivity contribution is 5.85. The molecule has 0 saturated heterocycles. The summed E-state index contributed by atoms with van der Waals surface area (Å²) in [4.78, 5) is 14.7. The maximum absolute atomic E-state index is 10.6. The molecule has 2 aromatic heterocycles. The second-order valence-electron chi connectivity index (χ2n) is 3.05. The molecule has 76 valence electrons. The van der Waals surface area contributed by atoms with E-state index < -0.39 is 5.97 Å². The Morgan fingerprint density at radius 1 is 1.53 bits per heavy atom. The Morgan fingerprint density at radius 3 is 2.93 bits per heavy atom. The molecule has 0 aliphatic heterocycles. The van der Waals surface area contributed by atoms with E-state index in [0.29, 0.717) is 11.4 Å². The first-order valence-corrected chi connectivity index (χ1v) is 4.30. The number of hydrogen-bond donors (Lipinski definition) is 1. The summed E-state index contributed by atoms with van der Waals surface area (Å²) in [5, 5.41) is 12.3. The molecule has 1 N–H and O–H groups in total. The molecular formula is C10H8N2O3. The molecule has 2 rings (SSSR count). The summed E-state index contributed by atoms with van der Waals surface area (Å²) in [6.45, 7) is 1.87. The highest BCUT2D eigenvalue weighted by Crippen LogP contribution is 2.19. The molecular weight excluding hydrogens is 196 g/mol. The van der Waals surface area contributed by atoms with E-state index in [1.54, 1.807) is 12.3 Å². The molecule has 0 aliphatic carbocycles. The second kappa shape index (κ2) is 3.53. The second-order valence-corrected chi connectivity index (χ2v) is 3.05. The van der Waals surface area contributed by atoms with Gasteiger partial charge in [-0.05, 0) is 18.6 Å². The van der Waals surface area contributed by atoms with Gasteiger partial charge in [0.1, 0.15) is 5.69 Å². The van der Waals surface area contributed by atoms with Gasteiger partial charge in [0.05, 0.1) is 5.69 Å². The average molecular weight is 204 g/mol. The zero-order chi connectivity index (χ0) is 10.8. The predicted molar refractivity (Wildman–Crippen MR) is 51.4 cm³/mol. The van der Waals surface area contributed by atoms with Crippen LogP contribution in [0.25, 0.3) is 11.4 Å². The van der Waals surface area contributed by atoms with Gasteiger partial charge in [0.2, 0.25) is 5.76 Å². The number of rotatable bonds is 2. The van der Waals surface area contributed by atoms with E-state index >= 15 is 0 Å². The molecule has 15 heavy (non-hydrogen) atoms. The third-order valence-corrected chi connectivity index (χ3v) is 1.97. The van der Waals surface area contributed by atoms with Crippen LogP contribution in [-0.4, -0.2) is 21.2 Å². The van der Waals surface area contributed by atoms with Gasteiger partial charge in [-0.25, -0.2) is 4.79 Å². The van der Waals surface area contributed by atoms with Crippen molar-refractivity contribution in [1.29, 1.82) is 0 Å². The van der Waals surface area contributed by atoms with Crippen molar-refractivity contribution in [2.24, 2.45) is 0 Å². The molecule has 5 heteroatoms. The number of pyridine rings is 1. The van der Waals surface area contributed by atoms with E-state index in [1.165, 1.54) is 6.07 Å². The molecule has 0 fully saturated rings. The fourth-order valence-corrected chi connectivity index (χ4v) is 1.24. The maximum Gasteiger partial charge on any atom is 0.374 e. The molecule has 0 unspecified atom stereocenters. The van der Waals surface area contributed by atoms with Crippen molar-refractivity contribution in [2.45, 2.75) is 6.92 Å². The molecule has 0 atom stereocenters. The van der Waals surface area contributed by atoms with Gasteiger partial charge < -0.3 is 9.63 Å². The van der Waals surface area contributed by atoms with Crippen LogP contribution >= 0.6 is 0 Å². The van der Waals surface area contributed by atoms with E-state index in [-0.39, 0.29) is 5.76 Å². The third-order valence-electron chi connectivity index (χ3n) is 1.97. The highest BCUT2D eigenvalue weighted by Gasteiger charge is 2.13. The van der Waals surface area contributed by atoms with Gasteiger partial charge in [-0.15, -0.1) is 0 Å². The lowest BCUT2D eigenvalue weighted by Crippen LogP contribution is -1.92. The van der Waals surface area contributed by atoms with Gasteiger partial charge in [0.25, 0.3) is 0 Å². The molecule has 0 bridgehead atoms. The molecule has 5 nitrogen and oxygen atoms in total. The molecule has 0 aliphatic rings. The molecule has 0 radical (unpaired) electrons. The van der Waals surface area contributed by atoms with Crippen LogP contribution in [0.2, 0.25) is 0 Å². The number of aromatic carboxylic acids is 1. The van der Waals surface area contributed by atoms with Crippen LogP contribution in [0.1, 0.15) is 16.1 Å². The van der Waals surface area contributed by atoms with Gasteiger partial charge in [0.15, 0.2) is 0 Å². The van der Waals surface area contributed by atoms with Gasteiger partial charge in [-0.1, -0.05) is 11.2 Å². The number of carbonyl (C=O) groups is 1. The maximum atomic E-state index is 10.6. The Balaban J connectivity index is 2.46. The lowest BCUT2D eigenvalue weighted by molar-refractivity contribution is 0.0652. The largest absolute Gasteiger partial charge is 0.475 e. The zero-order valence-electron chi connectivity index (χ0n) is 7.97. The quantitative estimate of drug-likeness (QED) is 0.806. The topological polar surface area (TPSA) is 76.2 Å². The van der Waals surface area contributed by atoms with E-state index in [9.17, 15) is 4.79 Å². The predicted octanol–water partition coefficient (Wildman–Crippen LogP) is 1.74. The first-order chi connectivity index (χ1) is 7.18. The lowest BCUT2D eigenvalue weighted by Gasteiger charge is -1.97. The number of nitrogens with zero attached hydrogens (tertiary/aromatic N) is 2. The lowest BCUT2D eigenvalue weighted by atomic mass is 10.1. The Hall–Kier alpha value is -2.17. The number of carboxylic acid groups (broad SMARTS) is 1. The van der Waals surface area contributed by atoms with Gasteiger partial charge in [0, 0.05) is 12.3 Å². The van der Waals surface area contributed by atoms with Crippen molar-refractivity contribution in [3.63, 3.8) is 0 Å². The summed E-state index contributed by atoms with van der Waals surface area (Å²) in [7, 11) is 0. The van der Waals surface area contributed by atoms with E-state index in [1.807, 2.05) is 13.0 Å². The Bertz CT molecular complexity index is 505. The van der Waals surface area contributed by atoms with E-state index in [4.69, 9.17) is 5.11 Å². The van der Waals surface area contributed by atoms with Crippen LogP contribution in [0.3, 0.4) is 0 Å². The van der Waals surface area contributed by atoms with E-state index in [0.717, 1.165) is 5.56 Å². The molecule has 2 heterocycles. The van der Waals surface area contributed by atoms with Crippen molar-refractivity contribution in [1.82, 2.24) is 10.1 Å². The minimum atomic E-state index is -1.14. The minimum Gasteiger partial charge on any atom is -0.475 e. The minimum absolute atomic E-state index is 0.185. The number of aromatic nitrogens is 2. The smallest absolute Gasteiger partial charge is 0.374 e. The van der Waals surface area contributed by atoms with Crippen LogP contribution in [0, 0.1) is 6.92 Å². The molecule has 0 spiro atoms. The summed E-state index contributed by atoms with van der Waals surface area (Å²) in [6.07, 6.45) is 1.62. The first kappa shape index (κ1) is 9.39. The van der Waals surface area contributed by atoms with Crippen molar-refractivity contribution >= 4 is 5.97 Å². The van der Waals surface area contributed by atoms with Gasteiger partial charge in [-0.3, -0.25) is 4.98 Å². The van der Waals surface area contributed by atoms with Crippen molar-refractivity contribution in [3.8, 4) is 11.4 Å². The molecule has 0 saturated carbocycles. The monoisotopic (exact) mass is 204 g/mol. The molecule has 0 aromatic carbocycles. The zero-order valence-corrected chi connectivity index (χ0v) is 7.97.